The Morgan fingerprint density at radius 2 is 2.12 bits per heavy atom. The van der Waals surface area contributed by atoms with Crippen LogP contribution >= 0.6 is 0 Å². The summed E-state index contributed by atoms with van der Waals surface area (Å²) in [6.45, 7) is 3.05. The van der Waals surface area contributed by atoms with Crippen molar-refractivity contribution in [2.75, 3.05) is 36.6 Å². The molecule has 0 amide bonds. The molecule has 1 aliphatic heterocycles. The summed E-state index contributed by atoms with van der Waals surface area (Å²) < 4.78 is 5.25. The van der Waals surface area contributed by atoms with Crippen molar-refractivity contribution in [1.29, 1.82) is 0 Å². The summed E-state index contributed by atoms with van der Waals surface area (Å²) >= 11 is 0. The molecule has 0 aliphatic carbocycles. The summed E-state index contributed by atoms with van der Waals surface area (Å²) in [5.41, 5.74) is 3.62. The minimum Gasteiger partial charge on any atom is -0.378 e. The summed E-state index contributed by atoms with van der Waals surface area (Å²) in [5, 5.41) is 9.76. The lowest BCUT2D eigenvalue weighted by atomic mass is 10.2. The predicted octanol–water partition coefficient (Wildman–Crippen LogP) is 1.13. The van der Waals surface area contributed by atoms with Crippen molar-refractivity contribution >= 4 is 11.4 Å². The summed E-state index contributed by atoms with van der Waals surface area (Å²) in [7, 11) is 0. The molecule has 1 fully saturated rings. The van der Waals surface area contributed by atoms with Gasteiger partial charge in [-0.25, -0.2) is 10.1 Å². The molecule has 16 heavy (non-hydrogen) atoms. The number of nitrogens with one attached hydrogen (secondary N) is 1. The Bertz CT molecular complexity index is 377. The van der Waals surface area contributed by atoms with Gasteiger partial charge < -0.3 is 9.64 Å². The molecule has 1 heterocycles. The summed E-state index contributed by atoms with van der Waals surface area (Å²) in [5.74, 6) is 0. The molecule has 1 aliphatic rings. The molecule has 0 saturated carbocycles. The number of rotatable bonds is 3. The van der Waals surface area contributed by atoms with Crippen LogP contribution in [0, 0.1) is 10.1 Å². The first-order chi connectivity index (χ1) is 7.75. The van der Waals surface area contributed by atoms with Crippen molar-refractivity contribution in [1.82, 2.24) is 0 Å². The van der Waals surface area contributed by atoms with Crippen LogP contribution < -0.4 is 10.3 Å². The van der Waals surface area contributed by atoms with E-state index in [1.54, 1.807) is 18.2 Å². The summed E-state index contributed by atoms with van der Waals surface area (Å²) in [6, 6.07) is 7.19. The van der Waals surface area contributed by atoms with E-state index < -0.39 is 5.03 Å². The van der Waals surface area contributed by atoms with Crippen LogP contribution in [0.1, 0.15) is 0 Å². The second-order valence-corrected chi connectivity index (χ2v) is 3.52. The van der Waals surface area contributed by atoms with Crippen molar-refractivity contribution in [3.63, 3.8) is 0 Å². The van der Waals surface area contributed by atoms with E-state index in [4.69, 9.17) is 4.74 Å². The van der Waals surface area contributed by atoms with Gasteiger partial charge in [0.15, 0.2) is 5.03 Å². The Morgan fingerprint density at radius 3 is 2.81 bits per heavy atom. The Kier molecular flexibility index (Phi) is 3.21. The van der Waals surface area contributed by atoms with E-state index in [1.807, 2.05) is 6.07 Å². The smallest absolute Gasteiger partial charge is 0.162 e. The molecule has 0 radical (unpaired) electrons. The number of hydrogen-bond acceptors (Lipinski definition) is 4. The Morgan fingerprint density at radius 1 is 1.38 bits per heavy atom. The van der Waals surface area contributed by atoms with Crippen molar-refractivity contribution in [2.45, 2.75) is 0 Å². The van der Waals surface area contributed by atoms with Gasteiger partial charge in [0.2, 0.25) is 0 Å². The number of ether oxygens (including phenoxy) is 1. The highest BCUT2D eigenvalue weighted by Gasteiger charge is 2.11. The lowest BCUT2D eigenvalue weighted by Crippen LogP contribution is -2.36. The molecule has 0 unspecified atom stereocenters. The second-order valence-electron chi connectivity index (χ2n) is 3.52. The zero-order valence-corrected chi connectivity index (χ0v) is 8.76. The van der Waals surface area contributed by atoms with Crippen molar-refractivity contribution in [3.8, 4) is 0 Å². The van der Waals surface area contributed by atoms with Crippen LogP contribution in [0.5, 0.6) is 0 Å². The Labute approximate surface area is 92.9 Å². The number of nitro groups is 1. The van der Waals surface area contributed by atoms with Gasteiger partial charge in [-0.3, -0.25) is 0 Å². The van der Waals surface area contributed by atoms with Gasteiger partial charge >= 0.3 is 0 Å². The molecule has 0 spiro atoms. The summed E-state index contributed by atoms with van der Waals surface area (Å²) in [4.78, 5) is 12.5. The minimum atomic E-state index is -0.557. The molecule has 1 aromatic rings. The fourth-order valence-corrected chi connectivity index (χ4v) is 1.70. The predicted molar refractivity (Wildman–Crippen MR) is 60.1 cm³/mol. The zero-order chi connectivity index (χ0) is 11.4. The SMILES string of the molecule is O=[N+]([O-])Nc1cccc(N2CCOCC2)c1. The maximum atomic E-state index is 10.3. The molecule has 2 rings (SSSR count). The van der Waals surface area contributed by atoms with Gasteiger partial charge in [-0.15, -0.1) is 5.43 Å². The maximum absolute atomic E-state index is 10.3. The number of anilines is 2. The largest absolute Gasteiger partial charge is 0.378 e. The van der Waals surface area contributed by atoms with E-state index in [9.17, 15) is 10.1 Å². The summed E-state index contributed by atoms with van der Waals surface area (Å²) in [6.07, 6.45) is 0. The van der Waals surface area contributed by atoms with E-state index >= 15 is 0 Å². The minimum absolute atomic E-state index is 0.494. The Balaban J connectivity index is 2.11. The normalized spacial score (nSPS) is 15.9. The first-order valence-corrected chi connectivity index (χ1v) is 5.09. The van der Waals surface area contributed by atoms with Crippen LogP contribution in [-0.4, -0.2) is 31.3 Å². The molecule has 86 valence electrons. The molecular formula is C10H13N3O3. The van der Waals surface area contributed by atoms with Crippen LogP contribution in [0.25, 0.3) is 0 Å². The monoisotopic (exact) mass is 223 g/mol. The standard InChI is InChI=1S/C10H13N3O3/c14-13(15)11-9-2-1-3-10(8-9)12-4-6-16-7-5-12/h1-3,8,11H,4-7H2. The molecule has 1 aromatic carbocycles. The fraction of sp³-hybridized carbons (Fsp3) is 0.400. The molecular weight excluding hydrogens is 210 g/mol. The molecule has 0 bridgehead atoms. The van der Waals surface area contributed by atoms with Gasteiger partial charge in [0, 0.05) is 18.8 Å². The van der Waals surface area contributed by atoms with Gasteiger partial charge in [0.1, 0.15) is 5.69 Å². The third kappa shape index (κ3) is 2.60. The number of benzene rings is 1. The number of nitrogens with zero attached hydrogens (tertiary/aromatic N) is 2. The molecule has 6 heteroatoms. The van der Waals surface area contributed by atoms with Crippen LogP contribution in [0.15, 0.2) is 24.3 Å². The molecule has 6 nitrogen and oxygen atoms in total. The van der Waals surface area contributed by atoms with Gasteiger partial charge in [-0.2, -0.15) is 0 Å². The molecule has 1 N–H and O–H groups in total. The van der Waals surface area contributed by atoms with Crippen molar-refractivity contribution in [3.05, 3.63) is 34.4 Å². The first kappa shape index (κ1) is 10.7. The van der Waals surface area contributed by atoms with E-state index in [0.29, 0.717) is 18.9 Å². The lowest BCUT2D eigenvalue weighted by Gasteiger charge is -2.28. The molecule has 1 saturated heterocycles. The molecule has 0 atom stereocenters. The number of hydrazine groups is 1. The second kappa shape index (κ2) is 4.80. The quantitative estimate of drug-likeness (QED) is 0.614. The topological polar surface area (TPSA) is 67.6 Å². The van der Waals surface area contributed by atoms with Crippen LogP contribution in [0.2, 0.25) is 0 Å². The highest BCUT2D eigenvalue weighted by Crippen LogP contribution is 2.20. The van der Waals surface area contributed by atoms with Crippen LogP contribution in [0.3, 0.4) is 0 Å². The van der Waals surface area contributed by atoms with Crippen LogP contribution in [0.4, 0.5) is 11.4 Å². The fourth-order valence-electron chi connectivity index (χ4n) is 1.70. The van der Waals surface area contributed by atoms with E-state index in [-0.39, 0.29) is 0 Å². The first-order valence-electron chi connectivity index (χ1n) is 5.09. The zero-order valence-electron chi connectivity index (χ0n) is 8.76. The average Bonchev–Trinajstić information content (AvgIpc) is 2.30. The Hall–Kier alpha value is -1.82. The van der Waals surface area contributed by atoms with Crippen LogP contribution in [-0.2, 0) is 4.74 Å². The van der Waals surface area contributed by atoms with Crippen molar-refractivity contribution < 1.29 is 9.77 Å². The van der Waals surface area contributed by atoms with Crippen molar-refractivity contribution in [2.24, 2.45) is 0 Å². The van der Waals surface area contributed by atoms with E-state index in [0.717, 1.165) is 18.8 Å². The molecule has 0 aromatic heterocycles. The average molecular weight is 223 g/mol. The van der Waals surface area contributed by atoms with Gasteiger partial charge in [-0.05, 0) is 18.2 Å². The lowest BCUT2D eigenvalue weighted by molar-refractivity contribution is -0.445. The third-order valence-corrected chi connectivity index (χ3v) is 2.44. The van der Waals surface area contributed by atoms with Gasteiger partial charge in [0.25, 0.3) is 0 Å². The number of hydrogen-bond donors (Lipinski definition) is 1. The van der Waals surface area contributed by atoms with E-state index in [2.05, 4.69) is 10.3 Å². The highest BCUT2D eigenvalue weighted by molar-refractivity contribution is 5.57. The third-order valence-electron chi connectivity index (χ3n) is 2.44. The van der Waals surface area contributed by atoms with Gasteiger partial charge in [-0.1, -0.05) is 6.07 Å². The van der Waals surface area contributed by atoms with E-state index in [1.165, 1.54) is 0 Å². The number of morpholine rings is 1. The van der Waals surface area contributed by atoms with Gasteiger partial charge in [0.05, 0.1) is 13.2 Å². The maximum Gasteiger partial charge on any atom is 0.162 e. The highest BCUT2D eigenvalue weighted by atomic mass is 16.7.